The Hall–Kier alpha value is -2.78. The average molecular weight is 425 g/mol. The van der Waals surface area contributed by atoms with E-state index in [0.717, 1.165) is 12.0 Å². The number of rotatable bonds is 2. The summed E-state index contributed by atoms with van der Waals surface area (Å²) in [7, 11) is 0. The first kappa shape index (κ1) is 19.9. The predicted octanol–water partition coefficient (Wildman–Crippen LogP) is 4.57. The Morgan fingerprint density at radius 3 is 2.53 bits per heavy atom. The second-order valence-electron chi connectivity index (χ2n) is 11.2. The van der Waals surface area contributed by atoms with Crippen LogP contribution in [-0.4, -0.2) is 11.7 Å². The Morgan fingerprint density at radius 1 is 1.00 bits per heavy atom. The normalized spacial score (nSPS) is 24.5. The minimum absolute atomic E-state index is 0.0756. The minimum atomic E-state index is -0.155. The van der Waals surface area contributed by atoms with Crippen LogP contribution in [0.5, 0.6) is 0 Å². The van der Waals surface area contributed by atoms with Crippen LogP contribution in [0.2, 0.25) is 0 Å². The first-order valence-corrected chi connectivity index (χ1v) is 11.7. The Bertz CT molecular complexity index is 1310. The van der Waals surface area contributed by atoms with Crippen molar-refractivity contribution in [2.24, 2.45) is 5.41 Å². The van der Waals surface area contributed by atoms with Crippen LogP contribution in [0.1, 0.15) is 60.7 Å². The fourth-order valence-corrected chi connectivity index (χ4v) is 6.31. The van der Waals surface area contributed by atoms with Gasteiger partial charge in [-0.1, -0.05) is 39.0 Å². The highest BCUT2D eigenvalue weighted by Gasteiger charge is 2.83. The van der Waals surface area contributed by atoms with E-state index in [9.17, 15) is 5.11 Å². The molecule has 1 aromatic carbocycles. The lowest BCUT2D eigenvalue weighted by Crippen LogP contribution is -2.51. The highest BCUT2D eigenvalue weighted by Crippen LogP contribution is 2.67. The summed E-state index contributed by atoms with van der Waals surface area (Å²) in [6.07, 6.45) is 8.07. The van der Waals surface area contributed by atoms with Gasteiger partial charge in [-0.3, -0.25) is 0 Å². The summed E-state index contributed by atoms with van der Waals surface area (Å²) in [6, 6.07) is 16.0. The summed E-state index contributed by atoms with van der Waals surface area (Å²) in [6.45, 7) is 11.4. The molecule has 32 heavy (non-hydrogen) atoms. The van der Waals surface area contributed by atoms with Gasteiger partial charge in [0.25, 0.3) is 5.54 Å². The van der Waals surface area contributed by atoms with Crippen LogP contribution in [0.25, 0.3) is 16.8 Å². The molecule has 0 radical (unpaired) electrons. The molecule has 0 bridgehead atoms. The molecule has 3 aromatic rings. The molecular weight excluding hydrogens is 392 g/mol. The van der Waals surface area contributed by atoms with E-state index in [4.69, 9.17) is 0 Å². The third kappa shape index (κ3) is 2.58. The number of nitrogens with zero attached hydrogens (tertiary/aromatic N) is 2. The third-order valence-electron chi connectivity index (χ3n) is 7.62. The van der Waals surface area contributed by atoms with Gasteiger partial charge in [-0.25, -0.2) is 0 Å². The number of allylic oxidation sites excluding steroid dienone is 1. The lowest BCUT2D eigenvalue weighted by atomic mass is 9.86. The van der Waals surface area contributed by atoms with Crippen LogP contribution in [0.15, 0.2) is 60.9 Å². The van der Waals surface area contributed by atoms with Crippen LogP contribution in [0.4, 0.5) is 0 Å². The van der Waals surface area contributed by atoms with E-state index in [2.05, 4.69) is 105 Å². The number of aliphatic hydroxyl groups is 1. The van der Waals surface area contributed by atoms with E-state index in [1.807, 2.05) is 0 Å². The van der Waals surface area contributed by atoms with Gasteiger partial charge in [0.05, 0.1) is 17.7 Å². The molecule has 1 N–H and O–H groups in total. The second kappa shape index (κ2) is 6.39. The van der Waals surface area contributed by atoms with Crippen molar-refractivity contribution in [1.82, 2.24) is 0 Å². The predicted molar refractivity (Wildman–Crippen MR) is 126 cm³/mol. The van der Waals surface area contributed by atoms with Gasteiger partial charge in [0, 0.05) is 29.3 Å². The summed E-state index contributed by atoms with van der Waals surface area (Å²) in [5, 5.41) is 10.3. The van der Waals surface area contributed by atoms with Crippen molar-refractivity contribution in [2.75, 3.05) is 6.61 Å². The molecule has 1 saturated carbocycles. The van der Waals surface area contributed by atoms with Gasteiger partial charge >= 0.3 is 0 Å². The fraction of sp³-hybridized carbons (Fsp3) is 0.379. The van der Waals surface area contributed by atoms with Gasteiger partial charge in [-0.2, -0.15) is 9.13 Å². The molecule has 3 heteroatoms. The SMILES string of the molecule is Cc1ccc2[n+](c1)C1C(c3ccccc3-2)C12C=C(CO)c1cc(CC(C)(C)C)c(C)c[n+]12. The molecule has 6 rings (SSSR count). The quantitative estimate of drug-likeness (QED) is 0.600. The molecule has 2 aliphatic heterocycles. The molecule has 3 nitrogen and oxygen atoms in total. The van der Waals surface area contributed by atoms with E-state index in [1.54, 1.807) is 0 Å². The number of aliphatic hydroxyl groups excluding tert-OH is 1. The average Bonchev–Trinajstić information content (AvgIpc) is 3.32. The molecule has 3 aliphatic rings. The molecule has 2 aromatic heterocycles. The van der Waals surface area contributed by atoms with Crippen molar-refractivity contribution in [1.29, 1.82) is 0 Å². The molecule has 0 saturated heterocycles. The third-order valence-corrected chi connectivity index (χ3v) is 7.62. The second-order valence-corrected chi connectivity index (χ2v) is 11.2. The maximum Gasteiger partial charge on any atom is 0.263 e. The Morgan fingerprint density at radius 2 is 1.78 bits per heavy atom. The van der Waals surface area contributed by atoms with Crippen molar-refractivity contribution in [3.8, 4) is 11.3 Å². The number of hydrogen-bond acceptors (Lipinski definition) is 1. The summed E-state index contributed by atoms with van der Waals surface area (Å²) in [5.74, 6) is 0.374. The minimum Gasteiger partial charge on any atom is -0.391 e. The molecule has 162 valence electrons. The maximum absolute atomic E-state index is 10.3. The van der Waals surface area contributed by atoms with Crippen molar-refractivity contribution in [3.63, 3.8) is 0 Å². The van der Waals surface area contributed by atoms with E-state index in [1.165, 1.54) is 39.2 Å². The van der Waals surface area contributed by atoms with Gasteiger partial charge in [0.2, 0.25) is 17.4 Å². The number of aromatic nitrogens is 2. The Labute approximate surface area is 190 Å². The molecule has 4 heterocycles. The van der Waals surface area contributed by atoms with Crippen LogP contribution in [-0.2, 0) is 12.0 Å². The summed E-state index contributed by atoms with van der Waals surface area (Å²) < 4.78 is 4.98. The van der Waals surface area contributed by atoms with Crippen molar-refractivity contribution in [3.05, 3.63) is 88.9 Å². The number of fused-ring (bicyclic) bond motifs is 10. The monoisotopic (exact) mass is 424 g/mol. The number of benzene rings is 1. The van der Waals surface area contributed by atoms with Gasteiger partial charge in [-0.15, -0.1) is 0 Å². The first-order chi connectivity index (χ1) is 15.2. The molecule has 3 atom stereocenters. The summed E-state index contributed by atoms with van der Waals surface area (Å²) >= 11 is 0. The van der Waals surface area contributed by atoms with E-state index in [0.29, 0.717) is 12.0 Å². The number of pyridine rings is 2. The Kier molecular flexibility index (Phi) is 3.97. The fourth-order valence-electron chi connectivity index (χ4n) is 6.31. The highest BCUT2D eigenvalue weighted by molar-refractivity contribution is 5.71. The first-order valence-electron chi connectivity index (χ1n) is 11.7. The molecular formula is C29H32N2O+2. The van der Waals surface area contributed by atoms with Crippen LogP contribution in [0, 0.1) is 19.3 Å². The lowest BCUT2D eigenvalue weighted by molar-refractivity contribution is -0.778. The molecule has 1 spiro atoms. The maximum atomic E-state index is 10.3. The zero-order valence-corrected chi connectivity index (χ0v) is 19.7. The van der Waals surface area contributed by atoms with Crippen molar-refractivity contribution < 1.29 is 14.2 Å². The summed E-state index contributed by atoms with van der Waals surface area (Å²) in [5.41, 5.74) is 10.3. The molecule has 0 amide bonds. The Balaban J connectivity index is 1.58. The molecule has 1 aliphatic carbocycles. The van der Waals surface area contributed by atoms with E-state index >= 15 is 0 Å². The smallest absolute Gasteiger partial charge is 0.263 e. The number of aryl methyl sites for hydroxylation is 2. The van der Waals surface area contributed by atoms with Crippen LogP contribution in [0.3, 0.4) is 0 Å². The topological polar surface area (TPSA) is 28.0 Å². The molecule has 1 fully saturated rings. The van der Waals surface area contributed by atoms with Crippen LogP contribution >= 0.6 is 0 Å². The largest absolute Gasteiger partial charge is 0.391 e. The van der Waals surface area contributed by atoms with Crippen LogP contribution < -0.4 is 9.13 Å². The van der Waals surface area contributed by atoms with Crippen molar-refractivity contribution in [2.45, 2.75) is 58.5 Å². The number of hydrogen-bond donors (Lipinski definition) is 1. The van der Waals surface area contributed by atoms with Gasteiger partial charge in [-0.05, 0) is 48.9 Å². The standard InChI is InChI=1S/C29H32N2O/c1-18-10-11-24-22-8-6-7-9-23(22)26-27(30(24)15-18)29(26)14-21(17-32)25-12-20(13-28(3,4)5)19(2)16-31(25)29/h6-12,14-16,26-27,32H,13,17H2,1-5H3/q+2. The highest BCUT2D eigenvalue weighted by atomic mass is 16.3. The van der Waals surface area contributed by atoms with Gasteiger partial charge < -0.3 is 5.11 Å². The molecule has 3 unspecified atom stereocenters. The van der Waals surface area contributed by atoms with E-state index in [-0.39, 0.29) is 17.6 Å². The van der Waals surface area contributed by atoms with E-state index < -0.39 is 0 Å². The zero-order valence-electron chi connectivity index (χ0n) is 19.7. The van der Waals surface area contributed by atoms with Gasteiger partial charge in [0.1, 0.15) is 5.92 Å². The van der Waals surface area contributed by atoms with Gasteiger partial charge in [0.15, 0.2) is 12.4 Å². The zero-order chi connectivity index (χ0) is 22.4. The summed E-state index contributed by atoms with van der Waals surface area (Å²) in [4.78, 5) is 0. The van der Waals surface area contributed by atoms with Crippen molar-refractivity contribution >= 4 is 5.57 Å². The lowest BCUT2D eigenvalue weighted by Gasteiger charge is -2.19.